The first-order valence-electron chi connectivity index (χ1n) is 8.65. The molecule has 0 N–H and O–H groups in total. The summed E-state index contributed by atoms with van der Waals surface area (Å²) >= 11 is 0. The Labute approximate surface area is 161 Å². The van der Waals surface area contributed by atoms with Crippen LogP contribution in [0, 0.1) is 6.92 Å². The molecule has 0 spiro atoms. The Bertz CT molecular complexity index is 1010. The number of hydrogen-bond donors (Lipinski definition) is 0. The first-order valence-corrected chi connectivity index (χ1v) is 8.65. The van der Waals surface area contributed by atoms with Crippen LogP contribution in [0.25, 0.3) is 11.0 Å². The fourth-order valence-electron chi connectivity index (χ4n) is 2.57. The van der Waals surface area contributed by atoms with E-state index in [2.05, 4.69) is 0 Å². The molecule has 0 aliphatic carbocycles. The molecular formula is C21H20O7. The molecule has 7 heteroatoms. The zero-order valence-electron chi connectivity index (χ0n) is 15.6. The van der Waals surface area contributed by atoms with Crippen LogP contribution in [0.2, 0.25) is 0 Å². The minimum absolute atomic E-state index is 0.0972. The van der Waals surface area contributed by atoms with Crippen molar-refractivity contribution in [2.45, 2.75) is 6.92 Å². The van der Waals surface area contributed by atoms with Gasteiger partial charge in [-0.3, -0.25) is 0 Å². The molecule has 0 unspecified atom stereocenters. The lowest BCUT2D eigenvalue weighted by Crippen LogP contribution is -2.18. The van der Waals surface area contributed by atoms with Crippen molar-refractivity contribution in [2.24, 2.45) is 0 Å². The van der Waals surface area contributed by atoms with Crippen molar-refractivity contribution in [1.29, 1.82) is 0 Å². The van der Waals surface area contributed by atoms with E-state index in [1.165, 1.54) is 6.07 Å². The predicted octanol–water partition coefficient (Wildman–Crippen LogP) is 3.11. The second-order valence-electron chi connectivity index (χ2n) is 5.94. The first kappa shape index (κ1) is 19.3. The van der Waals surface area contributed by atoms with Crippen LogP contribution in [0.15, 0.2) is 57.7 Å². The van der Waals surface area contributed by atoms with E-state index in [9.17, 15) is 9.59 Å². The van der Waals surface area contributed by atoms with Gasteiger partial charge in [-0.15, -0.1) is 0 Å². The van der Waals surface area contributed by atoms with E-state index < -0.39 is 11.6 Å². The third-order valence-corrected chi connectivity index (χ3v) is 3.95. The van der Waals surface area contributed by atoms with Gasteiger partial charge in [0.15, 0.2) is 6.61 Å². The summed E-state index contributed by atoms with van der Waals surface area (Å²) in [5, 5.41) is 0.810. The maximum atomic E-state index is 11.8. The quantitative estimate of drug-likeness (QED) is 0.335. The van der Waals surface area contributed by atoms with Gasteiger partial charge in [0.1, 0.15) is 36.0 Å². The predicted molar refractivity (Wildman–Crippen MR) is 102 cm³/mol. The maximum Gasteiger partial charge on any atom is 0.344 e. The number of ether oxygens (including phenoxy) is 4. The van der Waals surface area contributed by atoms with E-state index >= 15 is 0 Å². The van der Waals surface area contributed by atoms with Gasteiger partial charge in [0.05, 0.1) is 7.11 Å². The molecule has 146 valence electrons. The molecule has 3 aromatic rings. The van der Waals surface area contributed by atoms with Crippen molar-refractivity contribution in [3.05, 3.63) is 64.5 Å². The van der Waals surface area contributed by atoms with Gasteiger partial charge in [0.25, 0.3) is 0 Å². The van der Waals surface area contributed by atoms with E-state index in [-0.39, 0.29) is 19.8 Å². The van der Waals surface area contributed by atoms with Crippen LogP contribution in [0.3, 0.4) is 0 Å². The van der Waals surface area contributed by atoms with E-state index in [1.807, 2.05) is 6.92 Å². The molecule has 1 aromatic heterocycles. The molecule has 0 bridgehead atoms. The monoisotopic (exact) mass is 384 g/mol. The normalized spacial score (nSPS) is 10.5. The molecule has 28 heavy (non-hydrogen) atoms. The van der Waals surface area contributed by atoms with Crippen molar-refractivity contribution >= 4 is 16.9 Å². The highest BCUT2D eigenvalue weighted by atomic mass is 16.6. The molecule has 0 aliphatic heterocycles. The summed E-state index contributed by atoms with van der Waals surface area (Å²) in [6, 6.07) is 13.6. The number of hydrogen-bond acceptors (Lipinski definition) is 7. The Hall–Kier alpha value is -3.48. The number of benzene rings is 2. The lowest BCUT2D eigenvalue weighted by atomic mass is 10.1. The lowest BCUT2D eigenvalue weighted by Gasteiger charge is -2.09. The smallest absolute Gasteiger partial charge is 0.344 e. The van der Waals surface area contributed by atoms with E-state index in [0.717, 1.165) is 16.7 Å². The van der Waals surface area contributed by atoms with Crippen LogP contribution >= 0.6 is 0 Å². The third kappa shape index (κ3) is 5.03. The Kier molecular flexibility index (Phi) is 6.16. The number of esters is 1. The summed E-state index contributed by atoms with van der Waals surface area (Å²) in [4.78, 5) is 23.3. The van der Waals surface area contributed by atoms with Crippen LogP contribution in [0.1, 0.15) is 5.56 Å². The number of carbonyl (C=O) groups is 1. The minimum Gasteiger partial charge on any atom is -0.497 e. The number of fused-ring (bicyclic) bond motifs is 1. The SMILES string of the molecule is COc1ccc(OCCOC(=O)COc2ccc3c(C)cc(=O)oc3c2)cc1. The summed E-state index contributed by atoms with van der Waals surface area (Å²) in [5.74, 6) is 1.27. The molecular weight excluding hydrogens is 364 g/mol. The minimum atomic E-state index is -0.524. The van der Waals surface area contributed by atoms with Gasteiger partial charge in [-0.1, -0.05) is 0 Å². The summed E-state index contributed by atoms with van der Waals surface area (Å²) in [6.45, 7) is 1.88. The molecule has 0 atom stereocenters. The molecule has 0 amide bonds. The fraction of sp³-hybridized carbons (Fsp3) is 0.238. The number of rotatable bonds is 8. The van der Waals surface area contributed by atoms with Gasteiger partial charge < -0.3 is 23.4 Å². The second kappa shape index (κ2) is 8.94. The lowest BCUT2D eigenvalue weighted by molar-refractivity contribution is -0.146. The summed E-state index contributed by atoms with van der Waals surface area (Å²) in [7, 11) is 1.59. The molecule has 0 saturated heterocycles. The molecule has 3 rings (SSSR count). The van der Waals surface area contributed by atoms with Crippen LogP contribution in [0.4, 0.5) is 0 Å². The van der Waals surface area contributed by atoms with E-state index in [0.29, 0.717) is 17.1 Å². The van der Waals surface area contributed by atoms with Crippen LogP contribution in [-0.4, -0.2) is 32.9 Å². The van der Waals surface area contributed by atoms with Gasteiger partial charge in [0.2, 0.25) is 0 Å². The van der Waals surface area contributed by atoms with Crippen LogP contribution < -0.4 is 19.8 Å². The Morgan fingerprint density at radius 1 is 0.929 bits per heavy atom. The largest absolute Gasteiger partial charge is 0.497 e. The Morgan fingerprint density at radius 3 is 2.39 bits per heavy atom. The Balaban J connectivity index is 1.43. The zero-order chi connectivity index (χ0) is 19.9. The highest BCUT2D eigenvalue weighted by molar-refractivity contribution is 5.81. The molecule has 7 nitrogen and oxygen atoms in total. The highest BCUT2D eigenvalue weighted by Crippen LogP contribution is 2.22. The highest BCUT2D eigenvalue weighted by Gasteiger charge is 2.07. The molecule has 1 heterocycles. The van der Waals surface area contributed by atoms with Crippen molar-refractivity contribution in [1.82, 2.24) is 0 Å². The van der Waals surface area contributed by atoms with Gasteiger partial charge in [-0.25, -0.2) is 9.59 Å². The molecule has 0 fully saturated rings. The zero-order valence-corrected chi connectivity index (χ0v) is 15.6. The maximum absolute atomic E-state index is 11.8. The van der Waals surface area contributed by atoms with Crippen molar-refractivity contribution < 1.29 is 28.2 Å². The summed E-state index contributed by atoms with van der Waals surface area (Å²) in [6.07, 6.45) is 0. The topological polar surface area (TPSA) is 84.2 Å². The van der Waals surface area contributed by atoms with Crippen LogP contribution in [0.5, 0.6) is 17.2 Å². The van der Waals surface area contributed by atoms with E-state index in [1.54, 1.807) is 49.6 Å². The van der Waals surface area contributed by atoms with Gasteiger partial charge in [-0.05, 0) is 48.9 Å². The Morgan fingerprint density at radius 2 is 1.64 bits per heavy atom. The average molecular weight is 384 g/mol. The number of carbonyl (C=O) groups excluding carboxylic acids is 1. The average Bonchev–Trinajstić information content (AvgIpc) is 2.69. The number of methoxy groups -OCH3 is 1. The van der Waals surface area contributed by atoms with Gasteiger partial charge in [0, 0.05) is 17.5 Å². The fourth-order valence-corrected chi connectivity index (χ4v) is 2.57. The number of aryl methyl sites for hydroxylation is 1. The van der Waals surface area contributed by atoms with Crippen LogP contribution in [-0.2, 0) is 9.53 Å². The molecule has 2 aromatic carbocycles. The molecule has 0 aliphatic rings. The molecule has 0 radical (unpaired) electrons. The first-order chi connectivity index (χ1) is 13.5. The second-order valence-corrected chi connectivity index (χ2v) is 5.94. The third-order valence-electron chi connectivity index (χ3n) is 3.95. The summed E-state index contributed by atoms with van der Waals surface area (Å²) < 4.78 is 26.2. The van der Waals surface area contributed by atoms with Crippen molar-refractivity contribution in [2.75, 3.05) is 26.9 Å². The van der Waals surface area contributed by atoms with Crippen molar-refractivity contribution in [3.8, 4) is 17.2 Å². The van der Waals surface area contributed by atoms with Crippen molar-refractivity contribution in [3.63, 3.8) is 0 Å². The molecule has 0 saturated carbocycles. The summed E-state index contributed by atoms with van der Waals surface area (Å²) in [5.41, 5.74) is 0.788. The van der Waals surface area contributed by atoms with Gasteiger partial charge >= 0.3 is 11.6 Å². The van der Waals surface area contributed by atoms with Gasteiger partial charge in [-0.2, -0.15) is 0 Å². The standard InChI is InChI=1S/C21H20O7/c1-14-11-20(22)28-19-12-17(7-8-18(14)19)27-13-21(23)26-10-9-25-16-5-3-15(24-2)4-6-16/h3-8,11-12H,9-10,13H2,1-2H3. The van der Waals surface area contributed by atoms with E-state index in [4.69, 9.17) is 23.4 Å².